The smallest absolute Gasteiger partial charge is 0.160 e. The average molecular weight is 995 g/mol. The van der Waals surface area contributed by atoms with Gasteiger partial charge >= 0.3 is 0 Å². The molecule has 0 bridgehead atoms. The highest BCUT2D eigenvalue weighted by molar-refractivity contribution is 6.24. The molecule has 0 amide bonds. The molecule has 3 heteroatoms. The molecule has 0 saturated heterocycles. The Labute approximate surface area is 453 Å². The molecule has 1 spiro atoms. The molecule has 0 N–H and O–H groups in total. The Morgan fingerprint density at radius 2 is 0.782 bits per heavy atom. The summed E-state index contributed by atoms with van der Waals surface area (Å²) >= 11 is 0. The summed E-state index contributed by atoms with van der Waals surface area (Å²) in [5.41, 5.74) is 22.2. The van der Waals surface area contributed by atoms with E-state index in [2.05, 4.69) is 291 Å². The monoisotopic (exact) mass is 994 g/mol. The number of para-hydroxylation sites is 1. The summed E-state index contributed by atoms with van der Waals surface area (Å²) in [4.78, 5) is 4.92. The Kier molecular flexibility index (Phi) is 9.68. The van der Waals surface area contributed by atoms with E-state index in [4.69, 9.17) is 4.42 Å². The Morgan fingerprint density at radius 3 is 1.44 bits per heavy atom. The highest BCUT2D eigenvalue weighted by atomic mass is 16.3. The lowest BCUT2D eigenvalue weighted by Crippen LogP contribution is -2.26. The van der Waals surface area contributed by atoms with Crippen molar-refractivity contribution in [3.05, 3.63) is 300 Å². The van der Waals surface area contributed by atoms with Gasteiger partial charge in [0.15, 0.2) is 5.58 Å². The fourth-order valence-electron chi connectivity index (χ4n) is 13.4. The topological polar surface area (TPSA) is 19.6 Å². The quantitative estimate of drug-likeness (QED) is 0.159. The first-order valence-corrected chi connectivity index (χ1v) is 27.1. The predicted octanol–water partition coefficient (Wildman–Crippen LogP) is 20.6. The van der Waals surface area contributed by atoms with Gasteiger partial charge in [-0.15, -0.1) is 0 Å². The molecule has 366 valence electrons. The Morgan fingerprint density at radius 1 is 0.321 bits per heavy atom. The van der Waals surface area contributed by atoms with Crippen molar-refractivity contribution in [2.45, 2.75) is 19.3 Å². The lowest BCUT2D eigenvalue weighted by atomic mass is 9.70. The fraction of sp³-hybridized carbons (Fsp3) is 0.0400. The molecule has 0 unspecified atom stereocenters. The van der Waals surface area contributed by atoms with Crippen molar-refractivity contribution < 1.29 is 4.42 Å². The maximum Gasteiger partial charge on any atom is 0.160 e. The lowest BCUT2D eigenvalue weighted by Gasteiger charge is -2.34. The van der Waals surface area contributed by atoms with Crippen molar-refractivity contribution in [1.29, 1.82) is 0 Å². The van der Waals surface area contributed by atoms with Gasteiger partial charge in [-0.25, -0.2) is 0 Å². The SMILES string of the molecule is Cc1ccc(N(c2ccc(-c3ccc4ccccc4c3)cc2)c2cc3c(c4ccccc24)-c2c(cc(N(c4ccc(C)cc4)c4ccc5ccccc5c4)c4oc5ccccc5c24)C32c3ccccc3-c3ccccc32)cc1. The van der Waals surface area contributed by atoms with Crippen LogP contribution in [0.3, 0.4) is 0 Å². The summed E-state index contributed by atoms with van der Waals surface area (Å²) < 4.78 is 7.36. The zero-order valence-electron chi connectivity index (χ0n) is 43.2. The third-order valence-corrected chi connectivity index (χ3v) is 16.9. The first-order chi connectivity index (χ1) is 38.5. The highest BCUT2D eigenvalue weighted by Crippen LogP contribution is 2.67. The molecule has 3 nitrogen and oxygen atoms in total. The van der Waals surface area contributed by atoms with Crippen LogP contribution >= 0.6 is 0 Å². The van der Waals surface area contributed by atoms with Crippen molar-refractivity contribution in [1.82, 2.24) is 0 Å². The average Bonchev–Trinajstić information content (AvgIpc) is 2.62. The molecule has 2 aliphatic rings. The first kappa shape index (κ1) is 44.3. The van der Waals surface area contributed by atoms with Crippen molar-refractivity contribution in [2.75, 3.05) is 9.80 Å². The van der Waals surface area contributed by atoms with E-state index in [9.17, 15) is 0 Å². The van der Waals surface area contributed by atoms with Gasteiger partial charge in [-0.3, -0.25) is 0 Å². The molecule has 1 heterocycles. The van der Waals surface area contributed by atoms with Gasteiger partial charge in [-0.2, -0.15) is 0 Å². The molecule has 16 rings (SSSR count). The third kappa shape index (κ3) is 6.45. The van der Waals surface area contributed by atoms with Crippen LogP contribution < -0.4 is 9.80 Å². The number of hydrogen-bond donors (Lipinski definition) is 0. The molecule has 0 atom stereocenters. The van der Waals surface area contributed by atoms with Crippen LogP contribution in [0.4, 0.5) is 34.1 Å². The Hall–Kier alpha value is -9.96. The van der Waals surface area contributed by atoms with E-state index in [1.165, 1.54) is 99.1 Å². The van der Waals surface area contributed by atoms with Crippen LogP contribution in [-0.2, 0) is 5.41 Å². The molecular formula is C75H50N2O. The van der Waals surface area contributed by atoms with E-state index in [-0.39, 0.29) is 0 Å². The third-order valence-electron chi connectivity index (χ3n) is 16.9. The molecule has 78 heavy (non-hydrogen) atoms. The van der Waals surface area contributed by atoms with Gasteiger partial charge in [0, 0.05) is 38.9 Å². The zero-order chi connectivity index (χ0) is 51.6. The molecule has 0 saturated carbocycles. The number of aryl methyl sites for hydroxylation is 2. The number of anilines is 6. The molecular weight excluding hydrogens is 945 g/mol. The fourth-order valence-corrected chi connectivity index (χ4v) is 13.4. The van der Waals surface area contributed by atoms with E-state index in [0.29, 0.717) is 0 Å². The zero-order valence-corrected chi connectivity index (χ0v) is 43.2. The minimum Gasteiger partial charge on any atom is -0.454 e. The van der Waals surface area contributed by atoms with Crippen LogP contribution in [-0.4, -0.2) is 0 Å². The lowest BCUT2D eigenvalue weighted by molar-refractivity contribution is 0.668. The summed E-state index contributed by atoms with van der Waals surface area (Å²) in [6, 6.07) is 99.2. The molecule has 0 radical (unpaired) electrons. The highest BCUT2D eigenvalue weighted by Gasteiger charge is 2.54. The second-order valence-corrected chi connectivity index (χ2v) is 21.3. The van der Waals surface area contributed by atoms with Gasteiger partial charge in [-0.1, -0.05) is 205 Å². The summed E-state index contributed by atoms with van der Waals surface area (Å²) in [5, 5.41) is 9.43. The first-order valence-electron chi connectivity index (χ1n) is 27.1. The molecule has 14 aromatic rings. The second-order valence-electron chi connectivity index (χ2n) is 21.3. The van der Waals surface area contributed by atoms with Gasteiger partial charge in [-0.05, 0) is 169 Å². The van der Waals surface area contributed by atoms with Crippen LogP contribution in [0.5, 0.6) is 0 Å². The number of nitrogens with zero attached hydrogens (tertiary/aromatic N) is 2. The molecule has 13 aromatic carbocycles. The van der Waals surface area contributed by atoms with Crippen LogP contribution in [0.25, 0.3) is 87.6 Å². The molecule has 1 aromatic heterocycles. The molecule has 2 aliphatic carbocycles. The number of fused-ring (bicyclic) bond motifs is 18. The summed E-state index contributed by atoms with van der Waals surface area (Å²) in [5.74, 6) is 0. The minimum atomic E-state index is -0.737. The maximum absolute atomic E-state index is 7.36. The van der Waals surface area contributed by atoms with E-state index >= 15 is 0 Å². The predicted molar refractivity (Wildman–Crippen MR) is 327 cm³/mol. The molecule has 0 fully saturated rings. The van der Waals surface area contributed by atoms with Crippen LogP contribution in [0, 0.1) is 13.8 Å². The number of furan rings is 1. The van der Waals surface area contributed by atoms with Gasteiger partial charge in [0.2, 0.25) is 0 Å². The van der Waals surface area contributed by atoms with E-state index in [1.54, 1.807) is 0 Å². The van der Waals surface area contributed by atoms with Crippen molar-refractivity contribution in [3.63, 3.8) is 0 Å². The van der Waals surface area contributed by atoms with Crippen LogP contribution in [0.1, 0.15) is 33.4 Å². The molecule has 0 aliphatic heterocycles. The minimum absolute atomic E-state index is 0.737. The number of benzene rings is 13. The van der Waals surface area contributed by atoms with Crippen molar-refractivity contribution >= 4 is 88.4 Å². The van der Waals surface area contributed by atoms with E-state index in [1.807, 2.05) is 0 Å². The Bertz CT molecular complexity index is 4710. The Balaban J connectivity index is 1.03. The van der Waals surface area contributed by atoms with Crippen molar-refractivity contribution in [2.24, 2.45) is 0 Å². The van der Waals surface area contributed by atoms with Gasteiger partial charge in [0.1, 0.15) is 5.58 Å². The van der Waals surface area contributed by atoms with E-state index < -0.39 is 5.41 Å². The summed E-state index contributed by atoms with van der Waals surface area (Å²) in [6.45, 7) is 4.33. The van der Waals surface area contributed by atoms with Crippen LogP contribution in [0.15, 0.2) is 271 Å². The standard InChI is InChI=1S/C75H50N2O/c1-47-27-36-55(37-28-47)76(57-40-33-51(34-41-57)54-32-31-49-15-3-5-17-52(49)43-54)68-45-66-71(62-22-8-7-21-61(62)68)73-67(75(66)64-24-12-9-19-59(64)60-20-10-13-25-65(60)75)46-69(74-72(73)63-23-11-14-26-70(63)78-74)77(56-38-29-48(2)30-39-56)58-42-35-50-16-4-6-18-53(50)44-58/h3-46H,1-2H3. The number of rotatable bonds is 7. The normalized spacial score (nSPS) is 12.8. The van der Waals surface area contributed by atoms with Gasteiger partial charge < -0.3 is 14.2 Å². The maximum atomic E-state index is 7.36. The van der Waals surface area contributed by atoms with Crippen LogP contribution in [0.2, 0.25) is 0 Å². The van der Waals surface area contributed by atoms with E-state index in [0.717, 1.165) is 56.1 Å². The summed E-state index contributed by atoms with van der Waals surface area (Å²) in [6.07, 6.45) is 0. The van der Waals surface area contributed by atoms with Crippen molar-refractivity contribution in [3.8, 4) is 33.4 Å². The largest absolute Gasteiger partial charge is 0.454 e. The van der Waals surface area contributed by atoms with Gasteiger partial charge in [0.25, 0.3) is 0 Å². The van der Waals surface area contributed by atoms with Gasteiger partial charge in [0.05, 0.1) is 16.8 Å². The summed E-state index contributed by atoms with van der Waals surface area (Å²) in [7, 11) is 0. The number of hydrogen-bond acceptors (Lipinski definition) is 3. The second kappa shape index (κ2) is 17.0.